The molecule has 0 heterocycles. The van der Waals surface area contributed by atoms with Crippen LogP contribution in [0.1, 0.15) is 98.0 Å². The van der Waals surface area contributed by atoms with Crippen LogP contribution in [-0.4, -0.2) is 11.2 Å². The average Bonchev–Trinajstić information content (AvgIpc) is 2.62. The number of benzene rings is 1. The predicted molar refractivity (Wildman–Crippen MR) is 125 cm³/mol. The molecule has 0 amide bonds. The zero-order valence-electron chi connectivity index (χ0n) is 19.3. The zero-order chi connectivity index (χ0) is 20.8. The van der Waals surface area contributed by atoms with Crippen LogP contribution in [0.5, 0.6) is 0 Å². The third-order valence-corrected chi connectivity index (χ3v) is 5.90. The molecule has 0 bridgehead atoms. The van der Waals surface area contributed by atoms with E-state index in [1.807, 2.05) is 18.2 Å². The van der Waals surface area contributed by atoms with E-state index in [9.17, 15) is 5.11 Å². The quantitative estimate of drug-likeness (QED) is 0.303. The number of allylic oxidation sites excluding steroid dienone is 1. The van der Waals surface area contributed by atoms with Crippen LogP contribution < -0.4 is 0 Å². The van der Waals surface area contributed by atoms with Crippen molar-refractivity contribution in [2.75, 3.05) is 0 Å². The summed E-state index contributed by atoms with van der Waals surface area (Å²) in [5, 5.41) is 10.3. The Kier molecular flexibility index (Phi) is 13.2. The van der Waals surface area contributed by atoms with Crippen molar-refractivity contribution in [2.24, 2.45) is 17.8 Å². The van der Waals surface area contributed by atoms with Gasteiger partial charge in [-0.1, -0.05) is 115 Å². The van der Waals surface area contributed by atoms with Gasteiger partial charge in [0.2, 0.25) is 0 Å². The summed E-state index contributed by atoms with van der Waals surface area (Å²) in [6.45, 7) is 11.7. The number of aliphatic hydroxyl groups excluding tert-OH is 1. The summed E-state index contributed by atoms with van der Waals surface area (Å²) < 4.78 is 0. The Hall–Kier alpha value is -1.08. The largest absolute Gasteiger partial charge is 0.389 e. The van der Waals surface area contributed by atoms with Crippen molar-refractivity contribution < 1.29 is 5.11 Å². The van der Waals surface area contributed by atoms with Crippen LogP contribution in [-0.2, 0) is 6.42 Å². The predicted octanol–water partition coefficient (Wildman–Crippen LogP) is 7.98. The molecule has 1 unspecified atom stereocenters. The first-order valence-corrected chi connectivity index (χ1v) is 11.8. The Morgan fingerprint density at radius 1 is 0.821 bits per heavy atom. The van der Waals surface area contributed by atoms with Gasteiger partial charge in [0.25, 0.3) is 0 Å². The standard InChI is InChI=1S/C27H46O/c1-22(2)12-9-13-23(3)14-10-15-24(4)16-11-17-25(5)20-27(28)21-26-18-7-6-8-19-26/h6-8,18-20,22-24,27-28H,9-17,21H2,1-5H3/b25-20+/t23-,24-,27?/m1/s1. The molecule has 1 heteroatoms. The van der Waals surface area contributed by atoms with Crippen molar-refractivity contribution in [3.63, 3.8) is 0 Å². The molecule has 0 fully saturated rings. The topological polar surface area (TPSA) is 20.2 Å². The summed E-state index contributed by atoms with van der Waals surface area (Å²) in [5.41, 5.74) is 2.53. The Morgan fingerprint density at radius 3 is 1.93 bits per heavy atom. The Labute approximate surface area is 175 Å². The maximum absolute atomic E-state index is 10.3. The van der Waals surface area contributed by atoms with E-state index in [1.54, 1.807) is 0 Å². The van der Waals surface area contributed by atoms with Crippen molar-refractivity contribution in [2.45, 2.75) is 105 Å². The van der Waals surface area contributed by atoms with E-state index in [0.29, 0.717) is 6.42 Å². The molecule has 0 aliphatic rings. The minimum absolute atomic E-state index is 0.364. The normalized spacial score (nSPS) is 15.6. The van der Waals surface area contributed by atoms with Crippen molar-refractivity contribution in [3.8, 4) is 0 Å². The van der Waals surface area contributed by atoms with Crippen LogP contribution >= 0.6 is 0 Å². The van der Waals surface area contributed by atoms with E-state index in [-0.39, 0.29) is 6.10 Å². The van der Waals surface area contributed by atoms with E-state index in [1.165, 1.54) is 62.5 Å². The second kappa shape index (κ2) is 14.9. The van der Waals surface area contributed by atoms with Crippen molar-refractivity contribution in [1.29, 1.82) is 0 Å². The van der Waals surface area contributed by atoms with Crippen molar-refractivity contribution in [1.82, 2.24) is 0 Å². The molecule has 3 atom stereocenters. The van der Waals surface area contributed by atoms with Gasteiger partial charge in [0.05, 0.1) is 6.10 Å². The second-order valence-corrected chi connectivity index (χ2v) is 9.63. The molecule has 0 aliphatic heterocycles. The van der Waals surface area contributed by atoms with Gasteiger partial charge in [0, 0.05) is 6.42 Å². The van der Waals surface area contributed by atoms with E-state index in [0.717, 1.165) is 24.2 Å². The summed E-state index contributed by atoms with van der Waals surface area (Å²) in [5.74, 6) is 2.57. The van der Waals surface area contributed by atoms with Gasteiger partial charge >= 0.3 is 0 Å². The third kappa shape index (κ3) is 13.2. The summed E-state index contributed by atoms with van der Waals surface area (Å²) in [6.07, 6.45) is 14.4. The van der Waals surface area contributed by atoms with Crippen molar-refractivity contribution in [3.05, 3.63) is 47.5 Å². The molecule has 1 rings (SSSR count). The van der Waals surface area contributed by atoms with E-state index in [2.05, 4.69) is 52.8 Å². The van der Waals surface area contributed by atoms with E-state index < -0.39 is 0 Å². The maximum Gasteiger partial charge on any atom is 0.0763 e. The lowest BCUT2D eigenvalue weighted by atomic mass is 9.91. The minimum atomic E-state index is -0.364. The highest BCUT2D eigenvalue weighted by Gasteiger charge is 2.07. The molecule has 28 heavy (non-hydrogen) atoms. The van der Waals surface area contributed by atoms with Crippen LogP contribution in [0.25, 0.3) is 0 Å². The molecular formula is C27H46O. The molecular weight excluding hydrogens is 340 g/mol. The molecule has 0 saturated heterocycles. The molecule has 0 aromatic heterocycles. The van der Waals surface area contributed by atoms with Gasteiger partial charge in [0.1, 0.15) is 0 Å². The fourth-order valence-electron chi connectivity index (χ4n) is 4.03. The van der Waals surface area contributed by atoms with Gasteiger partial charge in [-0.05, 0) is 43.1 Å². The number of rotatable bonds is 15. The summed E-state index contributed by atoms with van der Waals surface area (Å²) in [7, 11) is 0. The molecule has 0 radical (unpaired) electrons. The molecule has 160 valence electrons. The van der Waals surface area contributed by atoms with Crippen LogP contribution in [0.4, 0.5) is 0 Å². The van der Waals surface area contributed by atoms with Crippen LogP contribution in [0.15, 0.2) is 42.0 Å². The first-order chi connectivity index (χ1) is 13.4. The second-order valence-electron chi connectivity index (χ2n) is 9.63. The molecule has 1 nitrogen and oxygen atoms in total. The Morgan fingerprint density at radius 2 is 1.36 bits per heavy atom. The SMILES string of the molecule is C/C(=C\C(O)Cc1ccccc1)CCC[C@H](C)CCC[C@H](C)CCCC(C)C. The molecule has 1 aromatic rings. The van der Waals surface area contributed by atoms with Crippen LogP contribution in [0.2, 0.25) is 0 Å². The van der Waals surface area contributed by atoms with Crippen LogP contribution in [0.3, 0.4) is 0 Å². The zero-order valence-corrected chi connectivity index (χ0v) is 19.3. The first-order valence-electron chi connectivity index (χ1n) is 11.8. The Bertz CT molecular complexity index is 516. The monoisotopic (exact) mass is 386 g/mol. The molecule has 1 N–H and O–H groups in total. The lowest BCUT2D eigenvalue weighted by Crippen LogP contribution is -2.07. The van der Waals surface area contributed by atoms with Gasteiger partial charge in [-0.3, -0.25) is 0 Å². The summed E-state index contributed by atoms with van der Waals surface area (Å²) in [6, 6.07) is 10.3. The fourth-order valence-corrected chi connectivity index (χ4v) is 4.03. The minimum Gasteiger partial charge on any atom is -0.389 e. The van der Waals surface area contributed by atoms with Crippen molar-refractivity contribution >= 4 is 0 Å². The average molecular weight is 387 g/mol. The lowest BCUT2D eigenvalue weighted by Gasteiger charge is -2.15. The fraction of sp³-hybridized carbons (Fsp3) is 0.704. The first kappa shape index (κ1) is 25.0. The molecule has 1 aromatic carbocycles. The van der Waals surface area contributed by atoms with Gasteiger partial charge in [-0.15, -0.1) is 0 Å². The van der Waals surface area contributed by atoms with Gasteiger partial charge in [-0.25, -0.2) is 0 Å². The van der Waals surface area contributed by atoms with Gasteiger partial charge < -0.3 is 5.11 Å². The number of hydrogen-bond donors (Lipinski definition) is 1. The maximum atomic E-state index is 10.3. The molecule has 0 saturated carbocycles. The van der Waals surface area contributed by atoms with Gasteiger partial charge in [0.15, 0.2) is 0 Å². The number of aliphatic hydroxyl groups is 1. The molecule has 0 aliphatic carbocycles. The smallest absolute Gasteiger partial charge is 0.0763 e. The third-order valence-electron chi connectivity index (χ3n) is 5.90. The highest BCUT2D eigenvalue weighted by Crippen LogP contribution is 2.22. The number of hydrogen-bond acceptors (Lipinski definition) is 1. The van der Waals surface area contributed by atoms with Gasteiger partial charge in [-0.2, -0.15) is 0 Å². The molecule has 0 spiro atoms. The highest BCUT2D eigenvalue weighted by molar-refractivity contribution is 5.17. The summed E-state index contributed by atoms with van der Waals surface area (Å²) >= 11 is 0. The van der Waals surface area contributed by atoms with Crippen LogP contribution in [0, 0.1) is 17.8 Å². The lowest BCUT2D eigenvalue weighted by molar-refractivity contribution is 0.222. The highest BCUT2D eigenvalue weighted by atomic mass is 16.3. The van der Waals surface area contributed by atoms with E-state index in [4.69, 9.17) is 0 Å². The summed E-state index contributed by atoms with van der Waals surface area (Å²) in [4.78, 5) is 0. The van der Waals surface area contributed by atoms with E-state index >= 15 is 0 Å². The Balaban J connectivity index is 2.11.